The van der Waals surface area contributed by atoms with Crippen molar-refractivity contribution in [3.63, 3.8) is 0 Å². The lowest BCUT2D eigenvalue weighted by molar-refractivity contribution is -0.121. The summed E-state index contributed by atoms with van der Waals surface area (Å²) in [6, 6.07) is 7.52. The van der Waals surface area contributed by atoms with Crippen LogP contribution in [0.4, 0.5) is 5.69 Å². The van der Waals surface area contributed by atoms with Gasteiger partial charge in [-0.05, 0) is 31.9 Å². The molecule has 0 aliphatic carbocycles. The zero-order valence-electron chi connectivity index (χ0n) is 12.8. The van der Waals surface area contributed by atoms with Crippen molar-refractivity contribution in [3.05, 3.63) is 29.3 Å². The second-order valence-corrected chi connectivity index (χ2v) is 8.49. The first kappa shape index (κ1) is 17.1. The number of nitrogens with one attached hydrogen (secondary N) is 1. The molecule has 1 aliphatic rings. The Bertz CT molecular complexity index is 648. The van der Waals surface area contributed by atoms with Crippen LogP contribution < -0.4 is 10.2 Å². The number of rotatable bonds is 4. The fraction of sp³-hybridized carbons (Fsp3) is 0.533. The molecule has 1 heterocycles. The highest BCUT2D eigenvalue weighted by Crippen LogP contribution is 2.27. The smallest absolute Gasteiger partial charge is 0.238 e. The van der Waals surface area contributed by atoms with Gasteiger partial charge in [-0.25, -0.2) is 8.42 Å². The number of carbonyl (C=O) groups is 1. The van der Waals surface area contributed by atoms with Crippen LogP contribution in [0.1, 0.15) is 19.8 Å². The van der Waals surface area contributed by atoms with Crippen LogP contribution in [0, 0.1) is 0 Å². The van der Waals surface area contributed by atoms with Gasteiger partial charge in [-0.2, -0.15) is 0 Å². The minimum atomic E-state index is -3.37. The number of anilines is 1. The number of halogens is 1. The van der Waals surface area contributed by atoms with Gasteiger partial charge in [0.25, 0.3) is 0 Å². The van der Waals surface area contributed by atoms with Gasteiger partial charge in [-0.1, -0.05) is 23.7 Å². The Kier molecular flexibility index (Phi) is 5.34. The van der Waals surface area contributed by atoms with E-state index in [1.54, 1.807) is 0 Å². The van der Waals surface area contributed by atoms with Crippen molar-refractivity contribution in [3.8, 4) is 0 Å². The number of carbonyl (C=O) groups excluding carboxylic acids is 1. The molecule has 0 radical (unpaired) electrons. The second-order valence-electron chi connectivity index (χ2n) is 5.72. The molecule has 1 aliphatic heterocycles. The molecule has 1 amide bonds. The third-order valence-corrected chi connectivity index (χ3v) is 5.79. The molecule has 122 valence electrons. The number of hydrogen-bond donors (Lipinski definition) is 1. The van der Waals surface area contributed by atoms with Crippen LogP contribution in [-0.2, 0) is 14.6 Å². The number of amides is 1. The Morgan fingerprint density at radius 1 is 1.41 bits per heavy atom. The number of benzene rings is 1. The summed E-state index contributed by atoms with van der Waals surface area (Å²) >= 11 is 6.21. The molecule has 2 atom stereocenters. The highest BCUT2D eigenvalue weighted by Gasteiger charge is 2.28. The van der Waals surface area contributed by atoms with E-state index in [4.69, 9.17) is 11.6 Å². The monoisotopic (exact) mass is 344 g/mol. The molecular formula is C15H21ClN2O3S. The van der Waals surface area contributed by atoms with Crippen LogP contribution in [-0.4, -0.2) is 45.0 Å². The second kappa shape index (κ2) is 6.87. The molecule has 1 N–H and O–H groups in total. The number of nitrogens with zero attached hydrogens (tertiary/aromatic N) is 1. The van der Waals surface area contributed by atoms with Crippen molar-refractivity contribution in [2.45, 2.75) is 31.1 Å². The molecule has 0 bridgehead atoms. The van der Waals surface area contributed by atoms with E-state index in [0.717, 1.165) is 31.3 Å². The van der Waals surface area contributed by atoms with Crippen LogP contribution in [0.25, 0.3) is 0 Å². The summed E-state index contributed by atoms with van der Waals surface area (Å²) in [6.45, 7) is 2.92. The van der Waals surface area contributed by atoms with E-state index in [9.17, 15) is 13.2 Å². The van der Waals surface area contributed by atoms with Gasteiger partial charge in [0.05, 0.1) is 10.7 Å². The molecule has 1 saturated heterocycles. The first-order valence-corrected chi connectivity index (χ1v) is 9.61. The quantitative estimate of drug-likeness (QED) is 0.905. The lowest BCUT2D eigenvalue weighted by atomic mass is 10.0. The summed E-state index contributed by atoms with van der Waals surface area (Å²) in [5, 5.41) is 2.50. The number of para-hydroxylation sites is 1. The lowest BCUT2D eigenvalue weighted by Crippen LogP contribution is -2.51. The molecular weight excluding hydrogens is 324 g/mol. The first-order chi connectivity index (χ1) is 10.3. The molecule has 2 rings (SSSR count). The van der Waals surface area contributed by atoms with Crippen molar-refractivity contribution >= 4 is 33.0 Å². The van der Waals surface area contributed by atoms with Gasteiger partial charge < -0.3 is 10.2 Å². The largest absolute Gasteiger partial charge is 0.368 e. The van der Waals surface area contributed by atoms with Crippen molar-refractivity contribution < 1.29 is 13.2 Å². The maximum atomic E-state index is 12.0. The predicted molar refractivity (Wildman–Crippen MR) is 89.1 cm³/mol. The maximum Gasteiger partial charge on any atom is 0.238 e. The minimum absolute atomic E-state index is 0.0678. The molecule has 1 fully saturated rings. The van der Waals surface area contributed by atoms with Gasteiger partial charge in [0, 0.05) is 25.4 Å². The predicted octanol–water partition coefficient (Wildman–Crippen LogP) is 1.86. The van der Waals surface area contributed by atoms with Gasteiger partial charge in [-0.15, -0.1) is 0 Å². The molecule has 5 nitrogen and oxygen atoms in total. The highest BCUT2D eigenvalue weighted by atomic mass is 35.5. The van der Waals surface area contributed by atoms with Crippen LogP contribution in [0.15, 0.2) is 24.3 Å². The average Bonchev–Trinajstić information content (AvgIpc) is 2.46. The van der Waals surface area contributed by atoms with E-state index in [1.807, 2.05) is 24.3 Å². The van der Waals surface area contributed by atoms with Crippen LogP contribution >= 0.6 is 11.6 Å². The number of sulfone groups is 1. The van der Waals surface area contributed by atoms with Gasteiger partial charge in [0.15, 0.2) is 9.84 Å². The van der Waals surface area contributed by atoms with Crippen LogP contribution in [0.2, 0.25) is 5.02 Å². The van der Waals surface area contributed by atoms with Crippen molar-refractivity contribution in [2.24, 2.45) is 0 Å². The topological polar surface area (TPSA) is 66.5 Å². The zero-order valence-corrected chi connectivity index (χ0v) is 14.3. The van der Waals surface area contributed by atoms with Crippen LogP contribution in [0.3, 0.4) is 0 Å². The maximum absolute atomic E-state index is 12.0. The van der Waals surface area contributed by atoms with Crippen molar-refractivity contribution in [1.82, 2.24) is 5.32 Å². The van der Waals surface area contributed by atoms with E-state index in [-0.39, 0.29) is 6.04 Å². The summed E-state index contributed by atoms with van der Waals surface area (Å²) in [5.41, 5.74) is 0.944. The molecule has 7 heteroatoms. The molecule has 22 heavy (non-hydrogen) atoms. The Labute approximate surface area is 136 Å². The SMILES string of the molecule is C[C@H](C(=O)N[C@H]1CCCN(c2ccccc2Cl)C1)S(C)(=O)=O. The van der Waals surface area contributed by atoms with Gasteiger partial charge in [-0.3, -0.25) is 4.79 Å². The van der Waals surface area contributed by atoms with Gasteiger partial charge >= 0.3 is 0 Å². The van der Waals surface area contributed by atoms with Crippen molar-refractivity contribution in [1.29, 1.82) is 0 Å². The zero-order chi connectivity index (χ0) is 16.3. The lowest BCUT2D eigenvalue weighted by Gasteiger charge is -2.35. The van der Waals surface area contributed by atoms with E-state index in [2.05, 4.69) is 10.2 Å². The van der Waals surface area contributed by atoms with E-state index in [1.165, 1.54) is 6.92 Å². The standard InChI is InChI=1S/C15H21ClN2O3S/c1-11(22(2,20)21)15(19)17-12-6-5-9-18(10-12)14-8-4-3-7-13(14)16/h3-4,7-8,11-12H,5-6,9-10H2,1-2H3,(H,17,19)/t11-,12+/m1/s1. The molecule has 1 aromatic carbocycles. The molecule has 0 spiro atoms. The fourth-order valence-electron chi connectivity index (χ4n) is 2.53. The summed E-state index contributed by atoms with van der Waals surface area (Å²) in [5.74, 6) is -0.437. The third kappa shape index (κ3) is 4.14. The summed E-state index contributed by atoms with van der Waals surface area (Å²) in [6.07, 6.45) is 2.83. The van der Waals surface area contributed by atoms with Gasteiger partial charge in [0.1, 0.15) is 5.25 Å². The van der Waals surface area contributed by atoms with E-state index >= 15 is 0 Å². The first-order valence-electron chi connectivity index (χ1n) is 7.27. The van der Waals surface area contributed by atoms with Gasteiger partial charge in [0.2, 0.25) is 5.91 Å². The molecule has 0 unspecified atom stereocenters. The normalized spacial score (nSPS) is 20.5. The Morgan fingerprint density at radius 2 is 2.09 bits per heavy atom. The van der Waals surface area contributed by atoms with Crippen LogP contribution in [0.5, 0.6) is 0 Å². The summed E-state index contributed by atoms with van der Waals surface area (Å²) in [4.78, 5) is 14.2. The summed E-state index contributed by atoms with van der Waals surface area (Å²) < 4.78 is 22.9. The number of hydrogen-bond acceptors (Lipinski definition) is 4. The molecule has 0 aromatic heterocycles. The number of piperidine rings is 1. The molecule has 1 aromatic rings. The van der Waals surface area contributed by atoms with Crippen molar-refractivity contribution in [2.75, 3.05) is 24.2 Å². The Hall–Kier alpha value is -1.27. The van der Waals surface area contributed by atoms with E-state index in [0.29, 0.717) is 11.6 Å². The molecule has 0 saturated carbocycles. The Morgan fingerprint density at radius 3 is 2.73 bits per heavy atom. The fourth-order valence-corrected chi connectivity index (χ4v) is 3.25. The van der Waals surface area contributed by atoms with E-state index < -0.39 is 21.0 Å². The summed E-state index contributed by atoms with van der Waals surface area (Å²) in [7, 11) is -3.37. The third-order valence-electron chi connectivity index (χ3n) is 3.97. The Balaban J connectivity index is 2.03. The minimum Gasteiger partial charge on any atom is -0.368 e. The highest BCUT2D eigenvalue weighted by molar-refractivity contribution is 7.92. The average molecular weight is 345 g/mol.